The molecule has 0 saturated heterocycles. The minimum atomic E-state index is -0.771. The summed E-state index contributed by atoms with van der Waals surface area (Å²) in [5.41, 5.74) is 0.941. The van der Waals surface area contributed by atoms with Gasteiger partial charge in [0.2, 0.25) is 11.7 Å². The van der Waals surface area contributed by atoms with Crippen molar-refractivity contribution in [3.8, 4) is 11.5 Å². The van der Waals surface area contributed by atoms with Gasteiger partial charge in [0.25, 0.3) is 0 Å². The third kappa shape index (κ3) is 3.98. The van der Waals surface area contributed by atoms with Crippen molar-refractivity contribution < 1.29 is 28.9 Å². The number of allylic oxidation sites excluding steroid dienone is 1. The van der Waals surface area contributed by atoms with E-state index >= 15 is 0 Å². The molecule has 0 saturated carbocycles. The highest BCUT2D eigenvalue weighted by atomic mass is 16.5. The average molecular weight is 381 g/mol. The number of ether oxygens (including phenoxy) is 3. The number of rotatable bonds is 6. The third-order valence-corrected chi connectivity index (χ3v) is 3.90. The van der Waals surface area contributed by atoms with E-state index in [9.17, 15) is 14.7 Å². The molecule has 1 aliphatic rings. The number of esters is 1. The van der Waals surface area contributed by atoms with Crippen LogP contribution in [0.2, 0.25) is 0 Å². The van der Waals surface area contributed by atoms with Crippen molar-refractivity contribution in [3.63, 3.8) is 0 Å². The van der Waals surface area contributed by atoms with E-state index in [1.54, 1.807) is 43.3 Å². The van der Waals surface area contributed by atoms with E-state index in [0.29, 0.717) is 17.0 Å². The first-order valence-electron chi connectivity index (χ1n) is 8.58. The summed E-state index contributed by atoms with van der Waals surface area (Å²) in [5, 5.41) is 12.8. The number of hydrogen-bond donors (Lipinski definition) is 2. The van der Waals surface area contributed by atoms with Crippen LogP contribution in [-0.2, 0) is 19.1 Å². The van der Waals surface area contributed by atoms with Gasteiger partial charge in [-0.05, 0) is 42.8 Å². The summed E-state index contributed by atoms with van der Waals surface area (Å²) in [6, 6.07) is 13.6. The highest BCUT2D eigenvalue weighted by Crippen LogP contribution is 2.31. The lowest BCUT2D eigenvalue weighted by Crippen LogP contribution is -2.16. The van der Waals surface area contributed by atoms with Crippen LogP contribution in [0.4, 0.5) is 5.69 Å². The zero-order valence-corrected chi connectivity index (χ0v) is 15.4. The number of Topliss-reactive ketones (excluding diaryl/α,β-unsaturated/α-hetero) is 1. The first-order chi connectivity index (χ1) is 13.5. The molecule has 144 valence electrons. The molecule has 7 nitrogen and oxygen atoms in total. The molecule has 0 bridgehead atoms. The van der Waals surface area contributed by atoms with Gasteiger partial charge in [-0.2, -0.15) is 0 Å². The highest BCUT2D eigenvalue weighted by Gasteiger charge is 2.37. The van der Waals surface area contributed by atoms with Crippen LogP contribution >= 0.6 is 0 Å². The van der Waals surface area contributed by atoms with Crippen LogP contribution in [0.25, 0.3) is 6.08 Å². The van der Waals surface area contributed by atoms with Crippen molar-refractivity contribution in [2.75, 3.05) is 19.0 Å². The zero-order valence-electron chi connectivity index (χ0n) is 15.4. The second kappa shape index (κ2) is 8.30. The summed E-state index contributed by atoms with van der Waals surface area (Å²) < 4.78 is 15.6. The van der Waals surface area contributed by atoms with Gasteiger partial charge in [-0.3, -0.25) is 4.79 Å². The monoisotopic (exact) mass is 381 g/mol. The predicted octanol–water partition coefficient (Wildman–Crippen LogP) is 3.23. The van der Waals surface area contributed by atoms with Gasteiger partial charge < -0.3 is 24.6 Å². The Morgan fingerprint density at radius 1 is 1.21 bits per heavy atom. The molecule has 0 spiro atoms. The Bertz CT molecular complexity index is 962. The first-order valence-corrected chi connectivity index (χ1v) is 8.58. The lowest BCUT2D eigenvalue weighted by Gasteiger charge is -2.08. The molecule has 7 heteroatoms. The van der Waals surface area contributed by atoms with Crippen molar-refractivity contribution in [2.24, 2.45) is 0 Å². The summed E-state index contributed by atoms with van der Waals surface area (Å²) in [5.74, 6) is -1.22. The number of carbonyl (C=O) groups excluding carboxylic acids is 2. The lowest BCUT2D eigenvalue weighted by molar-refractivity contribution is -0.139. The summed E-state index contributed by atoms with van der Waals surface area (Å²) in [6.45, 7) is 1.78. The van der Waals surface area contributed by atoms with Crippen LogP contribution in [0.5, 0.6) is 11.5 Å². The second-order valence-electron chi connectivity index (χ2n) is 5.79. The maximum Gasteiger partial charge on any atom is 0.347 e. The predicted molar refractivity (Wildman–Crippen MR) is 102 cm³/mol. The van der Waals surface area contributed by atoms with Gasteiger partial charge in [0.05, 0.1) is 13.7 Å². The maximum atomic E-state index is 12.8. The molecule has 2 aromatic carbocycles. The van der Waals surface area contributed by atoms with Crippen molar-refractivity contribution in [1.29, 1.82) is 0 Å². The van der Waals surface area contributed by atoms with E-state index in [4.69, 9.17) is 14.2 Å². The summed E-state index contributed by atoms with van der Waals surface area (Å²) in [4.78, 5) is 25.0. The van der Waals surface area contributed by atoms with E-state index in [-0.39, 0.29) is 29.6 Å². The Morgan fingerprint density at radius 2 is 1.96 bits per heavy atom. The number of ketones is 1. The Morgan fingerprint density at radius 3 is 2.61 bits per heavy atom. The number of anilines is 1. The molecular weight excluding hydrogens is 362 g/mol. The SMILES string of the molecule is CCOC(=O)C1=C(Nc2ccccc2)O/C(=C\c2ccc(OC)c(O)c2)C1=O. The highest BCUT2D eigenvalue weighted by molar-refractivity contribution is 6.26. The standard InChI is InChI=1S/C21H19NO6/c1-3-27-21(25)18-19(24)17(12-13-9-10-16(26-2)15(23)11-13)28-20(18)22-14-7-5-4-6-8-14/h4-12,22-23H,3H2,1-2H3/b17-12-. The second-order valence-corrected chi connectivity index (χ2v) is 5.79. The fraction of sp³-hybridized carbons (Fsp3) is 0.143. The van der Waals surface area contributed by atoms with E-state index in [1.165, 1.54) is 19.3 Å². The van der Waals surface area contributed by atoms with E-state index in [0.717, 1.165) is 0 Å². The van der Waals surface area contributed by atoms with Crippen LogP contribution in [0, 0.1) is 0 Å². The quantitative estimate of drug-likeness (QED) is 0.451. The first kappa shape index (κ1) is 19.0. The number of phenols is 1. The molecule has 1 heterocycles. The van der Waals surface area contributed by atoms with Crippen LogP contribution in [0.15, 0.2) is 65.7 Å². The summed E-state index contributed by atoms with van der Waals surface area (Å²) >= 11 is 0. The maximum absolute atomic E-state index is 12.8. The van der Waals surface area contributed by atoms with E-state index < -0.39 is 11.8 Å². The fourth-order valence-corrected chi connectivity index (χ4v) is 2.61. The van der Waals surface area contributed by atoms with Crippen LogP contribution in [0.3, 0.4) is 0 Å². The molecule has 0 radical (unpaired) electrons. The molecule has 0 atom stereocenters. The largest absolute Gasteiger partial charge is 0.504 e. The van der Waals surface area contributed by atoms with Crippen LogP contribution < -0.4 is 10.1 Å². The number of nitrogens with one attached hydrogen (secondary N) is 1. The van der Waals surface area contributed by atoms with Gasteiger partial charge in [0.1, 0.15) is 0 Å². The Balaban J connectivity index is 1.93. The molecule has 0 unspecified atom stereocenters. The topological polar surface area (TPSA) is 94.1 Å². The number of methoxy groups -OCH3 is 1. The fourth-order valence-electron chi connectivity index (χ4n) is 2.61. The van der Waals surface area contributed by atoms with Crippen molar-refractivity contribution in [2.45, 2.75) is 6.92 Å². The molecule has 2 aromatic rings. The molecule has 3 rings (SSSR count). The minimum Gasteiger partial charge on any atom is -0.504 e. The van der Waals surface area contributed by atoms with Gasteiger partial charge in [-0.1, -0.05) is 24.3 Å². The molecule has 1 aliphatic heterocycles. The molecule has 0 amide bonds. The van der Waals surface area contributed by atoms with Gasteiger partial charge >= 0.3 is 5.97 Å². The average Bonchev–Trinajstić information content (AvgIpc) is 2.98. The van der Waals surface area contributed by atoms with Crippen molar-refractivity contribution >= 4 is 23.5 Å². The van der Waals surface area contributed by atoms with E-state index in [1.807, 2.05) is 6.07 Å². The van der Waals surface area contributed by atoms with Crippen molar-refractivity contribution in [1.82, 2.24) is 0 Å². The molecule has 0 fully saturated rings. The minimum absolute atomic E-state index is 0.00127. The number of carbonyl (C=O) groups is 2. The Labute approximate surface area is 161 Å². The summed E-state index contributed by atoms with van der Waals surface area (Å²) in [6.07, 6.45) is 1.43. The molecule has 2 N–H and O–H groups in total. The third-order valence-electron chi connectivity index (χ3n) is 3.90. The van der Waals surface area contributed by atoms with Gasteiger partial charge in [-0.15, -0.1) is 0 Å². The van der Waals surface area contributed by atoms with Gasteiger partial charge in [-0.25, -0.2) is 4.79 Å². The smallest absolute Gasteiger partial charge is 0.347 e. The Kier molecular flexibility index (Phi) is 5.64. The van der Waals surface area contributed by atoms with E-state index in [2.05, 4.69) is 5.32 Å². The van der Waals surface area contributed by atoms with Crippen LogP contribution in [-0.4, -0.2) is 30.6 Å². The number of para-hydroxylation sites is 1. The number of phenolic OH excluding ortho intramolecular Hbond substituents is 1. The molecular formula is C21H19NO6. The number of aromatic hydroxyl groups is 1. The van der Waals surface area contributed by atoms with Crippen molar-refractivity contribution in [3.05, 3.63) is 71.3 Å². The van der Waals surface area contributed by atoms with Gasteiger partial charge in [0, 0.05) is 5.69 Å². The zero-order chi connectivity index (χ0) is 20.1. The molecule has 0 aliphatic carbocycles. The lowest BCUT2D eigenvalue weighted by atomic mass is 10.1. The number of hydrogen-bond acceptors (Lipinski definition) is 7. The summed E-state index contributed by atoms with van der Waals surface area (Å²) in [7, 11) is 1.44. The number of benzene rings is 2. The van der Waals surface area contributed by atoms with Crippen LogP contribution in [0.1, 0.15) is 12.5 Å². The molecule has 28 heavy (non-hydrogen) atoms. The normalized spacial score (nSPS) is 14.8. The van der Waals surface area contributed by atoms with Gasteiger partial charge in [0.15, 0.2) is 22.8 Å². The molecule has 0 aromatic heterocycles. The Hall–Kier alpha value is -3.74.